The van der Waals surface area contributed by atoms with E-state index in [2.05, 4.69) is 0 Å². The van der Waals surface area contributed by atoms with Crippen LogP contribution in [0.5, 0.6) is 0 Å². The van der Waals surface area contributed by atoms with E-state index < -0.39 is 47.5 Å². The molecule has 7 nitrogen and oxygen atoms in total. The fourth-order valence-electron chi connectivity index (χ4n) is 4.02. The zero-order valence-electron chi connectivity index (χ0n) is 14.3. The molecule has 0 aromatic rings. The summed E-state index contributed by atoms with van der Waals surface area (Å²) in [5.74, 6) is -7.07. The summed E-state index contributed by atoms with van der Waals surface area (Å²) in [5, 5.41) is 18.7. The van der Waals surface area contributed by atoms with Crippen molar-refractivity contribution in [2.24, 2.45) is 23.7 Å². The molecular weight excluding hydrogens is 328 g/mol. The molecule has 4 atom stereocenters. The molecule has 0 bridgehead atoms. The Morgan fingerprint density at radius 2 is 0.880 bits per heavy atom. The van der Waals surface area contributed by atoms with Gasteiger partial charge in [0, 0.05) is 0 Å². The van der Waals surface area contributed by atoms with E-state index in [4.69, 9.17) is 4.74 Å². The summed E-state index contributed by atoms with van der Waals surface area (Å²) in [5.41, 5.74) is 0. The molecule has 25 heavy (non-hydrogen) atoms. The van der Waals surface area contributed by atoms with Crippen molar-refractivity contribution in [3.05, 3.63) is 0 Å². The molecule has 0 aliphatic heterocycles. The van der Waals surface area contributed by atoms with Gasteiger partial charge >= 0.3 is 23.9 Å². The van der Waals surface area contributed by atoms with Crippen molar-refractivity contribution in [2.45, 2.75) is 64.2 Å². The predicted molar refractivity (Wildman–Crippen MR) is 86.5 cm³/mol. The Morgan fingerprint density at radius 3 is 1.20 bits per heavy atom. The second kappa shape index (κ2) is 8.97. The number of esters is 2. The van der Waals surface area contributed by atoms with Gasteiger partial charge in [0.15, 0.2) is 0 Å². The highest BCUT2D eigenvalue weighted by molar-refractivity contribution is 5.92. The monoisotopic (exact) mass is 354 g/mol. The van der Waals surface area contributed by atoms with Crippen LogP contribution >= 0.6 is 0 Å². The van der Waals surface area contributed by atoms with E-state index in [-0.39, 0.29) is 0 Å². The van der Waals surface area contributed by atoms with Crippen molar-refractivity contribution in [2.75, 3.05) is 0 Å². The van der Waals surface area contributed by atoms with Crippen molar-refractivity contribution in [1.29, 1.82) is 0 Å². The maximum atomic E-state index is 12.4. The highest BCUT2D eigenvalue weighted by Gasteiger charge is 2.40. The first-order valence-corrected chi connectivity index (χ1v) is 9.13. The first-order valence-electron chi connectivity index (χ1n) is 9.13. The normalized spacial score (nSPS) is 30.6. The van der Waals surface area contributed by atoms with Crippen LogP contribution in [0, 0.1) is 23.7 Å². The van der Waals surface area contributed by atoms with Gasteiger partial charge < -0.3 is 14.9 Å². The van der Waals surface area contributed by atoms with Gasteiger partial charge in [-0.3, -0.25) is 19.2 Å². The van der Waals surface area contributed by atoms with Crippen LogP contribution in [-0.4, -0.2) is 34.1 Å². The standard InChI is InChI=1S/C18H26O7/c19-15(20)11-7-3-1-5-9-13(11)17(23)25-18(24)14-10-6-2-4-8-12(14)16(21)22/h11-14H,1-10H2,(H,19,20)(H,21,22)/t11-,12+,13+,14-. The summed E-state index contributed by atoms with van der Waals surface area (Å²) in [7, 11) is 0. The largest absolute Gasteiger partial charge is 0.481 e. The quantitative estimate of drug-likeness (QED) is 0.452. The van der Waals surface area contributed by atoms with Crippen LogP contribution in [0.2, 0.25) is 0 Å². The Hall–Kier alpha value is -1.92. The molecule has 0 saturated heterocycles. The van der Waals surface area contributed by atoms with Crippen molar-refractivity contribution in [3.8, 4) is 0 Å². The van der Waals surface area contributed by atoms with Crippen LogP contribution in [0.4, 0.5) is 0 Å². The predicted octanol–water partition coefficient (Wildman–Crippen LogP) is 2.62. The third kappa shape index (κ3) is 5.03. The topological polar surface area (TPSA) is 118 Å². The molecule has 7 heteroatoms. The number of carboxylic acids is 2. The molecule has 2 fully saturated rings. The van der Waals surface area contributed by atoms with E-state index >= 15 is 0 Å². The van der Waals surface area contributed by atoms with E-state index in [1.807, 2.05) is 0 Å². The lowest BCUT2D eigenvalue weighted by molar-refractivity contribution is -0.172. The number of carboxylic acid groups (broad SMARTS) is 2. The fraction of sp³-hybridized carbons (Fsp3) is 0.778. The molecule has 0 unspecified atom stereocenters. The lowest BCUT2D eigenvalue weighted by Crippen LogP contribution is -2.36. The van der Waals surface area contributed by atoms with Gasteiger partial charge in [0.1, 0.15) is 0 Å². The van der Waals surface area contributed by atoms with Crippen molar-refractivity contribution in [3.63, 3.8) is 0 Å². The smallest absolute Gasteiger partial charge is 0.317 e. The van der Waals surface area contributed by atoms with Crippen LogP contribution in [0.3, 0.4) is 0 Å². The van der Waals surface area contributed by atoms with E-state index in [9.17, 15) is 29.4 Å². The van der Waals surface area contributed by atoms with E-state index in [1.54, 1.807) is 0 Å². The average molecular weight is 354 g/mol. The zero-order valence-corrected chi connectivity index (χ0v) is 14.3. The number of carbonyl (C=O) groups excluding carboxylic acids is 2. The molecule has 0 aromatic carbocycles. The van der Waals surface area contributed by atoms with Gasteiger partial charge in [0.05, 0.1) is 23.7 Å². The zero-order chi connectivity index (χ0) is 18.4. The highest BCUT2D eigenvalue weighted by Crippen LogP contribution is 2.33. The molecule has 0 heterocycles. The van der Waals surface area contributed by atoms with Crippen molar-refractivity contribution in [1.82, 2.24) is 0 Å². The van der Waals surface area contributed by atoms with Crippen LogP contribution in [0.15, 0.2) is 0 Å². The van der Waals surface area contributed by atoms with Crippen LogP contribution in [0.25, 0.3) is 0 Å². The number of ether oxygens (including phenoxy) is 1. The maximum absolute atomic E-state index is 12.4. The average Bonchev–Trinajstić information content (AvgIpc) is 2.95. The number of rotatable bonds is 4. The third-order valence-corrected chi connectivity index (χ3v) is 5.47. The van der Waals surface area contributed by atoms with Gasteiger partial charge in [0.2, 0.25) is 0 Å². The van der Waals surface area contributed by atoms with Gasteiger partial charge in [-0.15, -0.1) is 0 Å². The van der Waals surface area contributed by atoms with Gasteiger partial charge in [-0.25, -0.2) is 0 Å². The van der Waals surface area contributed by atoms with Crippen molar-refractivity contribution >= 4 is 23.9 Å². The maximum Gasteiger partial charge on any atom is 0.317 e. The number of carbonyl (C=O) groups is 4. The lowest BCUT2D eigenvalue weighted by atomic mass is 9.87. The van der Waals surface area contributed by atoms with E-state index in [0.717, 1.165) is 38.5 Å². The summed E-state index contributed by atoms with van der Waals surface area (Å²) in [6.45, 7) is 0. The lowest BCUT2D eigenvalue weighted by Gasteiger charge is -2.23. The Kier molecular flexibility index (Phi) is 6.96. The second-order valence-electron chi connectivity index (χ2n) is 7.12. The molecule has 0 spiro atoms. The highest BCUT2D eigenvalue weighted by atomic mass is 16.6. The molecule has 140 valence electrons. The molecule has 0 aromatic heterocycles. The van der Waals surface area contributed by atoms with Gasteiger partial charge in [-0.05, 0) is 25.7 Å². The Morgan fingerprint density at radius 1 is 0.560 bits per heavy atom. The number of hydrogen-bond acceptors (Lipinski definition) is 5. The molecule has 2 aliphatic carbocycles. The Labute approximate surface area is 146 Å². The summed E-state index contributed by atoms with van der Waals surface area (Å²) >= 11 is 0. The molecule has 2 rings (SSSR count). The van der Waals surface area contributed by atoms with Crippen LogP contribution in [-0.2, 0) is 23.9 Å². The summed E-state index contributed by atoms with van der Waals surface area (Å²) in [4.78, 5) is 47.7. The summed E-state index contributed by atoms with van der Waals surface area (Å²) in [6.07, 6.45) is 6.17. The number of aliphatic carboxylic acids is 2. The molecule has 2 saturated carbocycles. The van der Waals surface area contributed by atoms with E-state index in [0.29, 0.717) is 25.7 Å². The van der Waals surface area contributed by atoms with Crippen LogP contribution in [0.1, 0.15) is 64.2 Å². The first-order chi connectivity index (χ1) is 11.9. The molecular formula is C18H26O7. The summed E-state index contributed by atoms with van der Waals surface area (Å²) < 4.78 is 5.00. The van der Waals surface area contributed by atoms with Crippen molar-refractivity contribution < 1.29 is 34.1 Å². The first kappa shape index (κ1) is 19.4. The Bertz CT molecular complexity index is 482. The molecule has 2 aliphatic rings. The fourth-order valence-corrected chi connectivity index (χ4v) is 4.02. The van der Waals surface area contributed by atoms with Gasteiger partial charge in [0.25, 0.3) is 0 Å². The SMILES string of the molecule is O=C(O)[C@H]1CCCCC[C@H]1C(=O)OC(=O)[C@H]1CCCCC[C@H]1C(=O)O. The van der Waals surface area contributed by atoms with Crippen LogP contribution < -0.4 is 0 Å². The molecule has 0 amide bonds. The second-order valence-corrected chi connectivity index (χ2v) is 7.12. The molecule has 2 N–H and O–H groups in total. The molecule has 0 radical (unpaired) electrons. The van der Waals surface area contributed by atoms with Gasteiger partial charge in [-0.2, -0.15) is 0 Å². The van der Waals surface area contributed by atoms with E-state index in [1.165, 1.54) is 0 Å². The minimum absolute atomic E-state index is 0.385. The van der Waals surface area contributed by atoms with Gasteiger partial charge in [-0.1, -0.05) is 38.5 Å². The summed E-state index contributed by atoms with van der Waals surface area (Å²) in [6, 6.07) is 0. The minimum atomic E-state index is -1.05. The number of hydrogen-bond donors (Lipinski definition) is 2. The minimum Gasteiger partial charge on any atom is -0.481 e. The third-order valence-electron chi connectivity index (χ3n) is 5.47. The Balaban J connectivity index is 2.07.